The van der Waals surface area contributed by atoms with Gasteiger partial charge < -0.3 is 9.64 Å². The molecule has 0 N–H and O–H groups in total. The molecule has 0 amide bonds. The smallest absolute Gasteiger partial charge is 0.423 e. The van der Waals surface area contributed by atoms with Gasteiger partial charge >= 0.3 is 6.18 Å². The summed E-state index contributed by atoms with van der Waals surface area (Å²) in [6.45, 7) is 3.85. The number of nitro benzene ring substituents is 1. The summed E-state index contributed by atoms with van der Waals surface area (Å²) in [6, 6.07) is 5.69. The van der Waals surface area contributed by atoms with Crippen LogP contribution < -0.4 is 9.64 Å². The van der Waals surface area contributed by atoms with E-state index in [9.17, 15) is 23.3 Å². The van der Waals surface area contributed by atoms with Crippen molar-refractivity contribution >= 4 is 17.3 Å². The first kappa shape index (κ1) is 19.4. The first-order chi connectivity index (χ1) is 12.3. The Labute approximate surface area is 147 Å². The zero-order valence-corrected chi connectivity index (χ0v) is 14.2. The predicted molar refractivity (Wildman–Crippen MR) is 88.6 cm³/mol. The molecule has 0 spiro atoms. The van der Waals surface area contributed by atoms with Crippen LogP contribution in [0.3, 0.4) is 0 Å². The van der Waals surface area contributed by atoms with Gasteiger partial charge in [-0.05, 0) is 19.4 Å². The average molecular weight is 370 g/mol. The fourth-order valence-corrected chi connectivity index (χ4v) is 2.20. The first-order valence-corrected chi connectivity index (χ1v) is 7.87. The average Bonchev–Trinajstić information content (AvgIpc) is 2.60. The van der Waals surface area contributed by atoms with E-state index in [2.05, 4.69) is 9.97 Å². The SMILES string of the molecule is CCCOc1nc(N(CC)c2cccc([N+](=O)[O-])c2)ncc1C(F)(F)F. The molecule has 0 saturated carbocycles. The van der Waals surface area contributed by atoms with Crippen molar-refractivity contribution in [1.29, 1.82) is 0 Å². The van der Waals surface area contributed by atoms with E-state index in [4.69, 9.17) is 4.74 Å². The highest BCUT2D eigenvalue weighted by Gasteiger charge is 2.36. The van der Waals surface area contributed by atoms with Crippen molar-refractivity contribution in [2.75, 3.05) is 18.1 Å². The highest BCUT2D eigenvalue weighted by molar-refractivity contribution is 5.61. The third kappa shape index (κ3) is 4.38. The Balaban J connectivity index is 2.47. The number of hydrogen-bond acceptors (Lipinski definition) is 6. The van der Waals surface area contributed by atoms with Crippen molar-refractivity contribution in [2.45, 2.75) is 26.4 Å². The maximum Gasteiger partial charge on any atom is 0.423 e. The fourth-order valence-electron chi connectivity index (χ4n) is 2.20. The lowest BCUT2D eigenvalue weighted by molar-refractivity contribution is -0.384. The molecule has 0 aliphatic rings. The van der Waals surface area contributed by atoms with E-state index in [1.165, 1.54) is 23.1 Å². The van der Waals surface area contributed by atoms with Crippen LogP contribution >= 0.6 is 0 Å². The lowest BCUT2D eigenvalue weighted by atomic mass is 10.2. The Morgan fingerprint density at radius 2 is 2.04 bits per heavy atom. The summed E-state index contributed by atoms with van der Waals surface area (Å²) >= 11 is 0. The van der Waals surface area contributed by atoms with Crippen LogP contribution in [0, 0.1) is 10.1 Å². The van der Waals surface area contributed by atoms with Crippen LogP contribution in [-0.2, 0) is 6.18 Å². The standard InChI is InChI=1S/C16H17F3N4O3/c1-3-8-26-14-13(16(17,18)19)10-20-15(21-14)22(4-2)11-6-5-7-12(9-11)23(24)25/h5-7,9-10H,3-4,8H2,1-2H3. The summed E-state index contributed by atoms with van der Waals surface area (Å²) < 4.78 is 44.5. The molecule has 1 aromatic carbocycles. The third-order valence-electron chi connectivity index (χ3n) is 3.40. The van der Waals surface area contributed by atoms with E-state index in [1.54, 1.807) is 19.9 Å². The lowest BCUT2D eigenvalue weighted by Gasteiger charge is -2.22. The highest BCUT2D eigenvalue weighted by Crippen LogP contribution is 2.36. The Kier molecular flexibility index (Phi) is 5.96. The van der Waals surface area contributed by atoms with E-state index in [1.807, 2.05) is 0 Å². The minimum absolute atomic E-state index is 0.0351. The molecule has 10 heteroatoms. The van der Waals surface area contributed by atoms with Gasteiger partial charge in [0, 0.05) is 24.9 Å². The Morgan fingerprint density at radius 1 is 1.31 bits per heavy atom. The Hall–Kier alpha value is -2.91. The number of hydrogen-bond donors (Lipinski definition) is 0. The Morgan fingerprint density at radius 3 is 2.62 bits per heavy atom. The quantitative estimate of drug-likeness (QED) is 0.532. The van der Waals surface area contributed by atoms with Crippen molar-refractivity contribution in [3.8, 4) is 5.88 Å². The molecular formula is C16H17F3N4O3. The highest BCUT2D eigenvalue weighted by atomic mass is 19.4. The normalized spacial score (nSPS) is 11.3. The second-order valence-corrected chi connectivity index (χ2v) is 5.26. The first-order valence-electron chi connectivity index (χ1n) is 7.87. The molecule has 2 aromatic rings. The number of ether oxygens (including phenoxy) is 1. The molecular weight excluding hydrogens is 353 g/mol. The number of rotatable bonds is 7. The van der Waals surface area contributed by atoms with Crippen LogP contribution in [0.4, 0.5) is 30.5 Å². The van der Waals surface area contributed by atoms with E-state index in [0.717, 1.165) is 0 Å². The number of alkyl halides is 3. The predicted octanol–water partition coefficient (Wildman–Crippen LogP) is 4.35. The largest absolute Gasteiger partial charge is 0.477 e. The monoisotopic (exact) mass is 370 g/mol. The van der Waals surface area contributed by atoms with Crippen LogP contribution in [0.25, 0.3) is 0 Å². The van der Waals surface area contributed by atoms with Crippen molar-refractivity contribution in [3.63, 3.8) is 0 Å². The zero-order valence-electron chi connectivity index (χ0n) is 14.2. The number of nitrogens with zero attached hydrogens (tertiary/aromatic N) is 4. The van der Waals surface area contributed by atoms with Gasteiger partial charge in [0.15, 0.2) is 0 Å². The van der Waals surface area contributed by atoms with Gasteiger partial charge in [-0.2, -0.15) is 18.2 Å². The van der Waals surface area contributed by atoms with Crippen LogP contribution in [-0.4, -0.2) is 28.0 Å². The minimum Gasteiger partial charge on any atom is -0.477 e. The molecule has 0 radical (unpaired) electrons. The summed E-state index contributed by atoms with van der Waals surface area (Å²) in [7, 11) is 0. The molecule has 0 unspecified atom stereocenters. The van der Waals surface area contributed by atoms with Crippen LogP contribution in [0.15, 0.2) is 30.5 Å². The molecule has 7 nitrogen and oxygen atoms in total. The van der Waals surface area contributed by atoms with Crippen LogP contribution in [0.1, 0.15) is 25.8 Å². The van der Waals surface area contributed by atoms with Gasteiger partial charge in [0.25, 0.3) is 5.69 Å². The molecule has 140 valence electrons. The number of anilines is 2. The Bertz CT molecular complexity index is 784. The van der Waals surface area contributed by atoms with Gasteiger partial charge in [-0.15, -0.1) is 0 Å². The summed E-state index contributed by atoms with van der Waals surface area (Å²) in [4.78, 5) is 19.5. The van der Waals surface area contributed by atoms with Crippen molar-refractivity contribution in [3.05, 3.63) is 46.1 Å². The molecule has 0 atom stereocenters. The van der Waals surface area contributed by atoms with Gasteiger partial charge in [0.1, 0.15) is 5.56 Å². The number of halogens is 3. The van der Waals surface area contributed by atoms with Gasteiger partial charge in [-0.1, -0.05) is 13.0 Å². The van der Waals surface area contributed by atoms with E-state index < -0.39 is 22.5 Å². The number of aromatic nitrogens is 2. The fraction of sp³-hybridized carbons (Fsp3) is 0.375. The van der Waals surface area contributed by atoms with E-state index in [0.29, 0.717) is 24.8 Å². The number of nitro groups is 1. The summed E-state index contributed by atoms with van der Waals surface area (Å²) in [5.41, 5.74) is -0.817. The van der Waals surface area contributed by atoms with Gasteiger partial charge in [-0.25, -0.2) is 4.98 Å². The van der Waals surface area contributed by atoms with Crippen molar-refractivity contribution in [1.82, 2.24) is 9.97 Å². The second-order valence-electron chi connectivity index (χ2n) is 5.26. The molecule has 0 bridgehead atoms. The molecule has 0 aliphatic heterocycles. The lowest BCUT2D eigenvalue weighted by Crippen LogP contribution is -2.21. The number of non-ortho nitro benzene ring substituents is 1. The van der Waals surface area contributed by atoms with Crippen LogP contribution in [0.5, 0.6) is 5.88 Å². The summed E-state index contributed by atoms with van der Waals surface area (Å²) in [5, 5.41) is 10.9. The second kappa shape index (κ2) is 7.98. The minimum atomic E-state index is -4.65. The van der Waals surface area contributed by atoms with Gasteiger partial charge in [0.05, 0.1) is 17.2 Å². The van der Waals surface area contributed by atoms with Gasteiger partial charge in [0.2, 0.25) is 11.8 Å². The molecule has 1 aromatic heterocycles. The van der Waals surface area contributed by atoms with E-state index in [-0.39, 0.29) is 18.2 Å². The summed E-state index contributed by atoms with van der Waals surface area (Å²) in [6.07, 6.45) is -3.48. The maximum atomic E-state index is 13.1. The molecule has 0 aliphatic carbocycles. The topological polar surface area (TPSA) is 81.4 Å². The van der Waals surface area contributed by atoms with Crippen LogP contribution in [0.2, 0.25) is 0 Å². The maximum absolute atomic E-state index is 13.1. The molecule has 0 saturated heterocycles. The molecule has 26 heavy (non-hydrogen) atoms. The van der Waals surface area contributed by atoms with Crippen molar-refractivity contribution in [2.24, 2.45) is 0 Å². The summed E-state index contributed by atoms with van der Waals surface area (Å²) in [5.74, 6) is -0.597. The molecule has 1 heterocycles. The van der Waals surface area contributed by atoms with Crippen molar-refractivity contribution < 1.29 is 22.8 Å². The molecule has 0 fully saturated rings. The zero-order chi connectivity index (χ0) is 19.3. The molecule has 2 rings (SSSR count). The third-order valence-corrected chi connectivity index (χ3v) is 3.40. The van der Waals surface area contributed by atoms with E-state index >= 15 is 0 Å². The van der Waals surface area contributed by atoms with Gasteiger partial charge in [-0.3, -0.25) is 10.1 Å². The number of benzene rings is 1.